The van der Waals surface area contributed by atoms with Crippen molar-refractivity contribution in [1.29, 1.82) is 0 Å². The van der Waals surface area contributed by atoms with Gasteiger partial charge in [0, 0.05) is 32.1 Å². The Labute approximate surface area is 158 Å². The number of carbonyl (C=O) groups is 1. The van der Waals surface area contributed by atoms with E-state index in [2.05, 4.69) is 9.55 Å². The molecule has 0 bridgehead atoms. The Bertz CT molecular complexity index is 900. The van der Waals surface area contributed by atoms with Gasteiger partial charge in [0.25, 0.3) is 0 Å². The molecule has 0 spiro atoms. The lowest BCUT2D eigenvalue weighted by Gasteiger charge is -2.18. The summed E-state index contributed by atoms with van der Waals surface area (Å²) in [7, 11) is 0. The van der Waals surface area contributed by atoms with Crippen molar-refractivity contribution in [2.45, 2.75) is 39.7 Å². The fourth-order valence-corrected chi connectivity index (χ4v) is 3.27. The van der Waals surface area contributed by atoms with Gasteiger partial charge in [-0.15, -0.1) is 0 Å². The number of aromatic nitrogens is 3. The molecule has 1 aromatic carbocycles. The summed E-state index contributed by atoms with van der Waals surface area (Å²) >= 11 is 0. The number of hydrogen-bond acceptors (Lipinski definition) is 3. The number of benzene rings is 1. The molecule has 0 aliphatic carbocycles. The van der Waals surface area contributed by atoms with Gasteiger partial charge >= 0.3 is 0 Å². The number of fused-ring (bicyclic) bond motifs is 1. The highest BCUT2D eigenvalue weighted by atomic mass is 19.1. The summed E-state index contributed by atoms with van der Waals surface area (Å²) in [4.78, 5) is 23.3. The monoisotopic (exact) mass is 368 g/mol. The lowest BCUT2D eigenvalue weighted by atomic mass is 10.2. The van der Waals surface area contributed by atoms with Crippen molar-refractivity contribution in [3.8, 4) is 0 Å². The Hall–Kier alpha value is -2.76. The molecular weight excluding hydrogens is 343 g/mol. The molecule has 0 N–H and O–H groups in total. The number of pyridine rings is 1. The predicted octanol–water partition coefficient (Wildman–Crippen LogP) is 3.81. The van der Waals surface area contributed by atoms with Crippen LogP contribution in [0.15, 0.2) is 42.6 Å². The second-order valence-electron chi connectivity index (χ2n) is 6.51. The quantitative estimate of drug-likeness (QED) is 0.607. The van der Waals surface area contributed by atoms with E-state index in [1.54, 1.807) is 18.3 Å². The molecule has 3 aromatic rings. The average molecular weight is 368 g/mol. The van der Waals surface area contributed by atoms with Crippen molar-refractivity contribution in [2.75, 3.05) is 13.1 Å². The first-order valence-corrected chi connectivity index (χ1v) is 9.44. The van der Waals surface area contributed by atoms with Gasteiger partial charge in [0.1, 0.15) is 17.2 Å². The van der Waals surface area contributed by atoms with Crippen LogP contribution < -0.4 is 0 Å². The largest absolute Gasteiger partial charge is 0.343 e. The van der Waals surface area contributed by atoms with Crippen LogP contribution in [0.3, 0.4) is 0 Å². The molecule has 0 fully saturated rings. The van der Waals surface area contributed by atoms with Crippen molar-refractivity contribution >= 4 is 17.1 Å². The Kier molecular flexibility index (Phi) is 6.16. The van der Waals surface area contributed by atoms with Crippen molar-refractivity contribution in [1.82, 2.24) is 19.4 Å². The maximum Gasteiger partial charge on any atom is 0.222 e. The van der Waals surface area contributed by atoms with Crippen LogP contribution in [0, 0.1) is 5.82 Å². The Balaban J connectivity index is 1.78. The topological polar surface area (TPSA) is 51.0 Å². The van der Waals surface area contributed by atoms with Crippen LogP contribution in [0.25, 0.3) is 11.2 Å². The van der Waals surface area contributed by atoms with E-state index in [1.807, 2.05) is 30.9 Å². The summed E-state index contributed by atoms with van der Waals surface area (Å²) in [5.74, 6) is 0.835. The molecule has 142 valence electrons. The van der Waals surface area contributed by atoms with Gasteiger partial charge in [0.2, 0.25) is 5.91 Å². The van der Waals surface area contributed by atoms with E-state index in [1.165, 1.54) is 12.1 Å². The van der Waals surface area contributed by atoms with Gasteiger partial charge in [0.05, 0.1) is 6.54 Å². The van der Waals surface area contributed by atoms with Crippen molar-refractivity contribution < 1.29 is 9.18 Å². The maximum absolute atomic E-state index is 13.2. The summed E-state index contributed by atoms with van der Waals surface area (Å²) < 4.78 is 15.3. The summed E-state index contributed by atoms with van der Waals surface area (Å²) in [5.41, 5.74) is 2.64. The second-order valence-corrected chi connectivity index (χ2v) is 6.51. The molecule has 27 heavy (non-hydrogen) atoms. The standard InChI is InChI=1S/C21H25FN4O/c1-3-25(4-2)20(27)9-5-8-19-24-18-7-6-14-23-21(18)26(19)15-16-10-12-17(22)13-11-16/h6-7,10-14H,3-5,8-9,15H2,1-2H3. The molecule has 3 rings (SSSR count). The minimum atomic E-state index is -0.248. The van der Waals surface area contributed by atoms with Crippen LogP contribution in [0.4, 0.5) is 4.39 Å². The van der Waals surface area contributed by atoms with E-state index in [4.69, 9.17) is 4.98 Å². The summed E-state index contributed by atoms with van der Waals surface area (Å²) in [6.45, 7) is 6.04. The highest BCUT2D eigenvalue weighted by Crippen LogP contribution is 2.18. The molecule has 0 aliphatic rings. The zero-order valence-electron chi connectivity index (χ0n) is 15.9. The number of nitrogens with zero attached hydrogens (tertiary/aromatic N) is 4. The molecular formula is C21H25FN4O. The zero-order chi connectivity index (χ0) is 19.2. The lowest BCUT2D eigenvalue weighted by Crippen LogP contribution is -2.30. The highest BCUT2D eigenvalue weighted by Gasteiger charge is 2.14. The summed E-state index contributed by atoms with van der Waals surface area (Å²) in [5, 5.41) is 0. The van der Waals surface area contributed by atoms with E-state index < -0.39 is 0 Å². The van der Waals surface area contributed by atoms with Crippen LogP contribution in [-0.4, -0.2) is 38.4 Å². The predicted molar refractivity (Wildman–Crippen MR) is 104 cm³/mol. The third-order valence-corrected chi connectivity index (χ3v) is 4.74. The fourth-order valence-electron chi connectivity index (χ4n) is 3.27. The van der Waals surface area contributed by atoms with Crippen molar-refractivity contribution in [3.63, 3.8) is 0 Å². The number of hydrogen-bond donors (Lipinski definition) is 0. The van der Waals surface area contributed by atoms with Gasteiger partial charge in [0.15, 0.2) is 5.65 Å². The minimum absolute atomic E-state index is 0.180. The summed E-state index contributed by atoms with van der Waals surface area (Å²) in [6, 6.07) is 10.3. The van der Waals surface area contributed by atoms with Crippen molar-refractivity contribution in [3.05, 3.63) is 59.8 Å². The molecule has 0 saturated carbocycles. The molecule has 1 amide bonds. The third-order valence-electron chi connectivity index (χ3n) is 4.74. The zero-order valence-corrected chi connectivity index (χ0v) is 15.9. The number of carbonyl (C=O) groups excluding carboxylic acids is 1. The molecule has 6 heteroatoms. The minimum Gasteiger partial charge on any atom is -0.343 e. The average Bonchev–Trinajstić information content (AvgIpc) is 3.02. The van der Waals surface area contributed by atoms with Gasteiger partial charge in [-0.05, 0) is 50.1 Å². The molecule has 5 nitrogen and oxygen atoms in total. The van der Waals surface area contributed by atoms with Crippen LogP contribution in [-0.2, 0) is 17.8 Å². The molecule has 2 aromatic heterocycles. The molecule has 0 aliphatic heterocycles. The van der Waals surface area contributed by atoms with Crippen LogP contribution in [0.2, 0.25) is 0 Å². The number of amides is 1. The first kappa shape index (κ1) is 19.0. The fraction of sp³-hybridized carbons (Fsp3) is 0.381. The molecule has 0 radical (unpaired) electrons. The number of halogens is 1. The van der Waals surface area contributed by atoms with E-state index in [0.717, 1.165) is 42.1 Å². The first-order valence-electron chi connectivity index (χ1n) is 9.44. The van der Waals surface area contributed by atoms with Gasteiger partial charge in [-0.25, -0.2) is 14.4 Å². The third kappa shape index (κ3) is 4.51. The van der Waals surface area contributed by atoms with Gasteiger partial charge < -0.3 is 9.47 Å². The van der Waals surface area contributed by atoms with Gasteiger partial charge in [-0.2, -0.15) is 0 Å². The molecule has 2 heterocycles. The maximum atomic E-state index is 13.2. The van der Waals surface area contributed by atoms with Crippen LogP contribution >= 0.6 is 0 Å². The SMILES string of the molecule is CCN(CC)C(=O)CCCc1nc2cccnc2n1Cc1ccc(F)cc1. The lowest BCUT2D eigenvalue weighted by molar-refractivity contribution is -0.130. The Morgan fingerprint density at radius 1 is 1.15 bits per heavy atom. The normalized spacial score (nSPS) is 11.1. The Morgan fingerprint density at radius 3 is 2.59 bits per heavy atom. The molecule has 0 saturated heterocycles. The number of imidazole rings is 1. The smallest absolute Gasteiger partial charge is 0.222 e. The molecule has 0 unspecified atom stereocenters. The number of aryl methyl sites for hydroxylation is 1. The van der Waals surface area contributed by atoms with E-state index in [0.29, 0.717) is 19.4 Å². The highest BCUT2D eigenvalue weighted by molar-refractivity contribution is 5.76. The Morgan fingerprint density at radius 2 is 1.89 bits per heavy atom. The van der Waals surface area contributed by atoms with E-state index in [-0.39, 0.29) is 11.7 Å². The first-order chi connectivity index (χ1) is 13.1. The van der Waals surface area contributed by atoms with Crippen LogP contribution in [0.1, 0.15) is 38.1 Å². The van der Waals surface area contributed by atoms with Crippen molar-refractivity contribution in [2.24, 2.45) is 0 Å². The van der Waals surface area contributed by atoms with Gasteiger partial charge in [-0.3, -0.25) is 4.79 Å². The number of rotatable bonds is 8. The summed E-state index contributed by atoms with van der Waals surface area (Å²) in [6.07, 6.45) is 3.69. The second kappa shape index (κ2) is 8.75. The van der Waals surface area contributed by atoms with Gasteiger partial charge in [-0.1, -0.05) is 12.1 Å². The molecule has 0 atom stereocenters. The van der Waals surface area contributed by atoms with E-state index >= 15 is 0 Å². The van der Waals surface area contributed by atoms with Crippen LogP contribution in [0.5, 0.6) is 0 Å². The van der Waals surface area contributed by atoms with E-state index in [9.17, 15) is 9.18 Å².